The lowest BCUT2D eigenvalue weighted by molar-refractivity contribution is 0.0337. The average molecular weight is 220 g/mol. The number of hydrogen-bond acceptors (Lipinski definition) is 2. The standard InChI is InChI=1S/C14H20O2/c1-3-10(2)8-12(15)14-9-11-6-4-5-7-13(11)16-14/h4-7,10,12,14-15H,3,8-9H2,1-2H3. The van der Waals surface area contributed by atoms with E-state index in [9.17, 15) is 5.11 Å². The van der Waals surface area contributed by atoms with Crippen LogP contribution < -0.4 is 4.74 Å². The van der Waals surface area contributed by atoms with Crippen molar-refractivity contribution in [3.8, 4) is 5.75 Å². The Morgan fingerprint density at radius 3 is 2.88 bits per heavy atom. The molecule has 0 aromatic heterocycles. The largest absolute Gasteiger partial charge is 0.487 e. The molecule has 1 aliphatic heterocycles. The van der Waals surface area contributed by atoms with E-state index in [0.717, 1.165) is 25.0 Å². The normalized spacial score (nSPS) is 22.3. The summed E-state index contributed by atoms with van der Waals surface area (Å²) < 4.78 is 5.76. The third kappa shape index (κ3) is 2.38. The van der Waals surface area contributed by atoms with Crippen LogP contribution in [-0.4, -0.2) is 17.3 Å². The van der Waals surface area contributed by atoms with Crippen molar-refractivity contribution in [2.24, 2.45) is 5.92 Å². The lowest BCUT2D eigenvalue weighted by Crippen LogP contribution is -2.31. The van der Waals surface area contributed by atoms with Gasteiger partial charge in [0.15, 0.2) is 0 Å². The molecule has 1 heterocycles. The molecule has 0 radical (unpaired) electrons. The van der Waals surface area contributed by atoms with E-state index in [4.69, 9.17) is 4.74 Å². The fourth-order valence-corrected chi connectivity index (χ4v) is 2.15. The van der Waals surface area contributed by atoms with Crippen LogP contribution in [-0.2, 0) is 6.42 Å². The smallest absolute Gasteiger partial charge is 0.129 e. The predicted molar refractivity (Wildman–Crippen MR) is 64.6 cm³/mol. The van der Waals surface area contributed by atoms with Gasteiger partial charge in [-0.1, -0.05) is 38.5 Å². The SMILES string of the molecule is CCC(C)CC(O)C1Cc2ccccc2O1. The van der Waals surface area contributed by atoms with E-state index < -0.39 is 0 Å². The first-order chi connectivity index (χ1) is 7.70. The third-order valence-electron chi connectivity index (χ3n) is 3.44. The topological polar surface area (TPSA) is 29.5 Å². The van der Waals surface area contributed by atoms with Gasteiger partial charge in [0.05, 0.1) is 6.10 Å². The molecule has 2 heteroatoms. The van der Waals surface area contributed by atoms with Gasteiger partial charge in [0.2, 0.25) is 0 Å². The number of hydrogen-bond donors (Lipinski definition) is 1. The van der Waals surface area contributed by atoms with Gasteiger partial charge in [-0.3, -0.25) is 0 Å². The first kappa shape index (κ1) is 11.5. The third-order valence-corrected chi connectivity index (χ3v) is 3.44. The fraction of sp³-hybridized carbons (Fsp3) is 0.571. The molecule has 1 N–H and O–H groups in total. The minimum atomic E-state index is -0.345. The quantitative estimate of drug-likeness (QED) is 0.845. The molecule has 2 rings (SSSR count). The van der Waals surface area contributed by atoms with Crippen molar-refractivity contribution in [1.82, 2.24) is 0 Å². The molecule has 1 aromatic rings. The summed E-state index contributed by atoms with van der Waals surface area (Å²) in [6.07, 6.45) is 2.38. The molecule has 3 atom stereocenters. The van der Waals surface area contributed by atoms with Crippen LogP contribution in [0.15, 0.2) is 24.3 Å². The molecule has 0 amide bonds. The lowest BCUT2D eigenvalue weighted by Gasteiger charge is -2.20. The van der Waals surface area contributed by atoms with Crippen molar-refractivity contribution < 1.29 is 9.84 Å². The Bertz CT molecular complexity index is 323. The predicted octanol–water partition coefficient (Wildman–Crippen LogP) is 2.79. The fourth-order valence-electron chi connectivity index (χ4n) is 2.15. The highest BCUT2D eigenvalue weighted by Crippen LogP contribution is 2.30. The summed E-state index contributed by atoms with van der Waals surface area (Å²) in [5.74, 6) is 1.50. The van der Waals surface area contributed by atoms with Crippen LogP contribution in [0.2, 0.25) is 0 Å². The number of benzene rings is 1. The zero-order valence-electron chi connectivity index (χ0n) is 10.0. The van der Waals surface area contributed by atoms with E-state index in [2.05, 4.69) is 19.9 Å². The summed E-state index contributed by atoms with van der Waals surface area (Å²) in [4.78, 5) is 0. The average Bonchev–Trinajstić information content (AvgIpc) is 2.72. The maximum Gasteiger partial charge on any atom is 0.129 e. The van der Waals surface area contributed by atoms with Crippen molar-refractivity contribution in [1.29, 1.82) is 0 Å². The van der Waals surface area contributed by atoms with Gasteiger partial charge in [0, 0.05) is 6.42 Å². The first-order valence-corrected chi connectivity index (χ1v) is 6.13. The van der Waals surface area contributed by atoms with Crippen LogP contribution in [0.4, 0.5) is 0 Å². The Hall–Kier alpha value is -1.02. The molecule has 0 fully saturated rings. The second kappa shape index (κ2) is 4.88. The molecule has 0 spiro atoms. The molecule has 3 unspecified atom stereocenters. The maximum atomic E-state index is 10.1. The molecule has 0 aliphatic carbocycles. The summed E-state index contributed by atoms with van der Waals surface area (Å²) in [6.45, 7) is 4.33. The van der Waals surface area contributed by atoms with E-state index >= 15 is 0 Å². The van der Waals surface area contributed by atoms with Crippen molar-refractivity contribution in [3.63, 3.8) is 0 Å². The van der Waals surface area contributed by atoms with Crippen LogP contribution in [0, 0.1) is 5.92 Å². The molecule has 0 bridgehead atoms. The van der Waals surface area contributed by atoms with Gasteiger partial charge in [-0.25, -0.2) is 0 Å². The zero-order valence-corrected chi connectivity index (χ0v) is 10.0. The highest BCUT2D eigenvalue weighted by molar-refractivity contribution is 5.37. The molecular formula is C14H20O2. The number of fused-ring (bicyclic) bond motifs is 1. The van der Waals surface area contributed by atoms with Gasteiger partial charge in [0.25, 0.3) is 0 Å². The summed E-state index contributed by atoms with van der Waals surface area (Å²) >= 11 is 0. The Kier molecular flexibility index (Phi) is 3.49. The molecule has 16 heavy (non-hydrogen) atoms. The van der Waals surface area contributed by atoms with Crippen LogP contribution in [0.5, 0.6) is 5.75 Å². The summed E-state index contributed by atoms with van der Waals surface area (Å²) in [6, 6.07) is 8.05. The Balaban J connectivity index is 1.95. The molecule has 88 valence electrons. The second-order valence-electron chi connectivity index (χ2n) is 4.78. The summed E-state index contributed by atoms with van der Waals surface area (Å²) in [5, 5.41) is 10.1. The number of aliphatic hydroxyl groups excluding tert-OH is 1. The van der Waals surface area contributed by atoms with E-state index in [1.807, 2.05) is 18.2 Å². The van der Waals surface area contributed by atoms with Crippen LogP contribution in [0.3, 0.4) is 0 Å². The van der Waals surface area contributed by atoms with Crippen molar-refractivity contribution >= 4 is 0 Å². The van der Waals surface area contributed by atoms with Crippen molar-refractivity contribution in [3.05, 3.63) is 29.8 Å². The van der Waals surface area contributed by atoms with Gasteiger partial charge in [-0.2, -0.15) is 0 Å². The van der Waals surface area contributed by atoms with Crippen molar-refractivity contribution in [2.45, 2.75) is 45.3 Å². The maximum absolute atomic E-state index is 10.1. The Labute approximate surface area is 97.3 Å². The zero-order chi connectivity index (χ0) is 11.5. The number of aliphatic hydroxyl groups is 1. The molecule has 0 saturated heterocycles. The van der Waals surface area contributed by atoms with Crippen LogP contribution in [0.25, 0.3) is 0 Å². The Morgan fingerprint density at radius 2 is 2.19 bits per heavy atom. The van der Waals surface area contributed by atoms with E-state index in [1.165, 1.54) is 5.56 Å². The van der Waals surface area contributed by atoms with Crippen molar-refractivity contribution in [2.75, 3.05) is 0 Å². The number of para-hydroxylation sites is 1. The number of ether oxygens (including phenoxy) is 1. The van der Waals surface area contributed by atoms with Crippen LogP contribution in [0.1, 0.15) is 32.3 Å². The van der Waals surface area contributed by atoms with Gasteiger partial charge < -0.3 is 9.84 Å². The monoisotopic (exact) mass is 220 g/mol. The van der Waals surface area contributed by atoms with Gasteiger partial charge in [-0.15, -0.1) is 0 Å². The Morgan fingerprint density at radius 1 is 1.44 bits per heavy atom. The summed E-state index contributed by atoms with van der Waals surface area (Å²) in [5.41, 5.74) is 1.22. The van der Waals surface area contributed by atoms with Gasteiger partial charge in [-0.05, 0) is 24.0 Å². The highest BCUT2D eigenvalue weighted by atomic mass is 16.5. The van der Waals surface area contributed by atoms with Crippen LogP contribution >= 0.6 is 0 Å². The van der Waals surface area contributed by atoms with E-state index in [-0.39, 0.29) is 12.2 Å². The van der Waals surface area contributed by atoms with E-state index in [1.54, 1.807) is 0 Å². The molecule has 1 aliphatic rings. The molecule has 1 aromatic carbocycles. The lowest BCUT2D eigenvalue weighted by atomic mass is 9.96. The molecule has 2 nitrogen and oxygen atoms in total. The second-order valence-corrected chi connectivity index (χ2v) is 4.78. The first-order valence-electron chi connectivity index (χ1n) is 6.13. The van der Waals surface area contributed by atoms with Gasteiger partial charge >= 0.3 is 0 Å². The van der Waals surface area contributed by atoms with Gasteiger partial charge in [0.1, 0.15) is 11.9 Å². The van der Waals surface area contributed by atoms with E-state index in [0.29, 0.717) is 5.92 Å². The molecular weight excluding hydrogens is 200 g/mol. The summed E-state index contributed by atoms with van der Waals surface area (Å²) in [7, 11) is 0. The minimum Gasteiger partial charge on any atom is -0.487 e. The molecule has 0 saturated carbocycles. The number of rotatable bonds is 4. The minimum absolute atomic E-state index is 0.0496. The highest BCUT2D eigenvalue weighted by Gasteiger charge is 2.29.